The summed E-state index contributed by atoms with van der Waals surface area (Å²) in [5.74, 6) is 0.943. The number of thioether (sulfide) groups is 1. The molecule has 0 aliphatic rings. The van der Waals surface area contributed by atoms with E-state index in [9.17, 15) is 14.4 Å². The van der Waals surface area contributed by atoms with Gasteiger partial charge in [-0.3, -0.25) is 19.8 Å². The van der Waals surface area contributed by atoms with Crippen molar-refractivity contribution >= 4 is 41.0 Å². The van der Waals surface area contributed by atoms with Crippen molar-refractivity contribution < 1.29 is 23.5 Å². The third-order valence-corrected chi connectivity index (χ3v) is 6.97. The number of carbonyl (C=O) groups is 3. The molecular formula is C29H33ClN2O5S. The Bertz CT molecular complexity index is 1170. The molecule has 7 nitrogen and oxygen atoms in total. The molecule has 202 valence electrons. The molecule has 9 heteroatoms. The number of benzene rings is 2. The first-order valence-corrected chi connectivity index (χ1v) is 14.1. The highest BCUT2D eigenvalue weighted by Crippen LogP contribution is 2.19. The van der Waals surface area contributed by atoms with Gasteiger partial charge in [0, 0.05) is 17.9 Å². The molecule has 0 bridgehead atoms. The van der Waals surface area contributed by atoms with Crippen molar-refractivity contribution in [3.05, 3.63) is 88.8 Å². The number of aryl methyl sites for hydroxylation is 1. The van der Waals surface area contributed by atoms with Crippen LogP contribution in [0.1, 0.15) is 43.1 Å². The van der Waals surface area contributed by atoms with Crippen molar-refractivity contribution in [2.45, 2.75) is 51.3 Å². The second-order valence-corrected chi connectivity index (χ2v) is 10.3. The molecule has 1 N–H and O–H groups in total. The standard InChI is InChI=1S/C29H33ClN2O5S/c1-3-4-7-29(35)32(31-28(34)18-37-24-14-8-21(2)9-15-24)26(17-22-10-12-23(30)13-11-22)27(33)20-38-19-25-6-5-16-36-25/h5-6,8-16,26H,3-4,7,17-20H2,1-2H3,(H,31,34). The number of rotatable bonds is 14. The topological polar surface area (TPSA) is 88.9 Å². The quantitative estimate of drug-likeness (QED) is 0.253. The number of amides is 2. The zero-order valence-corrected chi connectivity index (χ0v) is 23.2. The molecule has 0 aliphatic heterocycles. The Morgan fingerprint density at radius 3 is 2.47 bits per heavy atom. The average Bonchev–Trinajstić information content (AvgIpc) is 3.43. The van der Waals surface area contributed by atoms with Gasteiger partial charge in [-0.05, 0) is 55.3 Å². The molecule has 0 fully saturated rings. The first kappa shape index (κ1) is 29.3. The summed E-state index contributed by atoms with van der Waals surface area (Å²) in [6.45, 7) is 3.64. The molecule has 2 aromatic carbocycles. The number of carbonyl (C=O) groups excluding carboxylic acids is 3. The minimum absolute atomic E-state index is 0.145. The Morgan fingerprint density at radius 1 is 1.08 bits per heavy atom. The number of halogens is 1. The van der Waals surface area contributed by atoms with Crippen LogP contribution in [0, 0.1) is 6.92 Å². The SMILES string of the molecule is CCCCC(=O)N(NC(=O)COc1ccc(C)cc1)C(Cc1ccc(Cl)cc1)C(=O)CSCc1ccco1. The molecule has 0 radical (unpaired) electrons. The summed E-state index contributed by atoms with van der Waals surface area (Å²) in [5, 5.41) is 1.77. The van der Waals surface area contributed by atoms with E-state index in [1.165, 1.54) is 16.8 Å². The van der Waals surface area contributed by atoms with Crippen LogP contribution in [0.15, 0.2) is 71.3 Å². The number of ketones is 1. The average molecular weight is 557 g/mol. The van der Waals surface area contributed by atoms with Crippen molar-refractivity contribution in [1.29, 1.82) is 0 Å². The molecular weight excluding hydrogens is 524 g/mol. The lowest BCUT2D eigenvalue weighted by Crippen LogP contribution is -2.57. The van der Waals surface area contributed by atoms with Crippen LogP contribution in [0.25, 0.3) is 0 Å². The number of hydrogen-bond acceptors (Lipinski definition) is 6. The van der Waals surface area contributed by atoms with Crippen LogP contribution >= 0.6 is 23.4 Å². The van der Waals surface area contributed by atoms with Crippen molar-refractivity contribution in [1.82, 2.24) is 10.4 Å². The molecule has 1 heterocycles. The van der Waals surface area contributed by atoms with E-state index >= 15 is 0 Å². The van der Waals surface area contributed by atoms with Gasteiger partial charge < -0.3 is 9.15 Å². The summed E-state index contributed by atoms with van der Waals surface area (Å²) in [6, 6.07) is 17.2. The van der Waals surface area contributed by atoms with E-state index in [0.29, 0.717) is 22.9 Å². The van der Waals surface area contributed by atoms with E-state index in [0.717, 1.165) is 23.3 Å². The Morgan fingerprint density at radius 2 is 1.82 bits per heavy atom. The molecule has 0 saturated heterocycles. The van der Waals surface area contributed by atoms with Gasteiger partial charge in [-0.1, -0.05) is 54.8 Å². The fraction of sp³-hybridized carbons (Fsp3) is 0.345. The zero-order valence-electron chi connectivity index (χ0n) is 21.7. The van der Waals surface area contributed by atoms with Gasteiger partial charge in [-0.25, -0.2) is 5.01 Å². The second-order valence-electron chi connectivity index (χ2n) is 8.89. The third kappa shape index (κ3) is 9.58. The van der Waals surface area contributed by atoms with E-state index in [1.807, 2.05) is 44.2 Å². The monoisotopic (exact) mass is 556 g/mol. The summed E-state index contributed by atoms with van der Waals surface area (Å²) < 4.78 is 11.0. The van der Waals surface area contributed by atoms with Crippen molar-refractivity contribution in [3.8, 4) is 5.75 Å². The predicted octanol–water partition coefficient (Wildman–Crippen LogP) is 5.78. The number of hydrogen-bond donors (Lipinski definition) is 1. The van der Waals surface area contributed by atoms with Gasteiger partial charge in [0.25, 0.3) is 5.91 Å². The van der Waals surface area contributed by atoms with Crippen LogP contribution in [0.2, 0.25) is 5.02 Å². The zero-order chi connectivity index (χ0) is 27.3. The van der Waals surface area contributed by atoms with Crippen LogP contribution in [0.5, 0.6) is 5.75 Å². The van der Waals surface area contributed by atoms with Gasteiger partial charge in [0.2, 0.25) is 5.91 Å². The lowest BCUT2D eigenvalue weighted by Gasteiger charge is -2.31. The number of hydrazine groups is 1. The molecule has 3 aromatic rings. The third-order valence-electron chi connectivity index (χ3n) is 5.74. The molecule has 38 heavy (non-hydrogen) atoms. The maximum Gasteiger partial charge on any atom is 0.276 e. The van der Waals surface area contributed by atoms with Crippen molar-refractivity contribution in [2.24, 2.45) is 0 Å². The number of ether oxygens (including phenoxy) is 1. The minimum Gasteiger partial charge on any atom is -0.484 e. The van der Waals surface area contributed by atoms with Gasteiger partial charge in [-0.2, -0.15) is 0 Å². The van der Waals surface area contributed by atoms with Gasteiger partial charge in [0.05, 0.1) is 17.8 Å². The van der Waals surface area contributed by atoms with Gasteiger partial charge >= 0.3 is 0 Å². The summed E-state index contributed by atoms with van der Waals surface area (Å²) >= 11 is 7.44. The van der Waals surface area contributed by atoms with Crippen LogP contribution in [0.3, 0.4) is 0 Å². The van der Waals surface area contributed by atoms with Crippen molar-refractivity contribution in [3.63, 3.8) is 0 Å². The van der Waals surface area contributed by atoms with Gasteiger partial charge in [0.15, 0.2) is 12.4 Å². The molecule has 0 aliphatic carbocycles. The van der Waals surface area contributed by atoms with Crippen LogP contribution in [0.4, 0.5) is 0 Å². The lowest BCUT2D eigenvalue weighted by atomic mass is 10.0. The van der Waals surface area contributed by atoms with Crippen LogP contribution < -0.4 is 10.2 Å². The normalized spacial score (nSPS) is 11.6. The van der Waals surface area contributed by atoms with Crippen molar-refractivity contribution in [2.75, 3.05) is 12.4 Å². The highest BCUT2D eigenvalue weighted by Gasteiger charge is 2.31. The fourth-order valence-corrected chi connectivity index (χ4v) is 4.64. The highest BCUT2D eigenvalue weighted by molar-refractivity contribution is 7.99. The van der Waals surface area contributed by atoms with Gasteiger partial charge in [-0.15, -0.1) is 11.8 Å². The molecule has 1 unspecified atom stereocenters. The first-order valence-electron chi connectivity index (χ1n) is 12.5. The van der Waals surface area contributed by atoms with Gasteiger partial charge in [0.1, 0.15) is 17.6 Å². The largest absolute Gasteiger partial charge is 0.484 e. The lowest BCUT2D eigenvalue weighted by molar-refractivity contribution is -0.148. The number of unbranched alkanes of at least 4 members (excludes halogenated alkanes) is 1. The summed E-state index contributed by atoms with van der Waals surface area (Å²) in [7, 11) is 0. The smallest absolute Gasteiger partial charge is 0.276 e. The molecule has 1 atom stereocenters. The van der Waals surface area contributed by atoms with E-state index in [-0.39, 0.29) is 36.9 Å². The van der Waals surface area contributed by atoms with E-state index in [4.69, 9.17) is 20.8 Å². The first-order chi connectivity index (χ1) is 18.4. The van der Waals surface area contributed by atoms with Crippen LogP contribution in [-0.2, 0) is 26.6 Å². The Kier molecular flexibility index (Phi) is 11.8. The maximum atomic E-state index is 13.5. The number of furan rings is 1. The molecule has 2 amide bonds. The van der Waals surface area contributed by atoms with Crippen LogP contribution in [-0.4, -0.2) is 41.0 Å². The second kappa shape index (κ2) is 15.2. The summed E-state index contributed by atoms with van der Waals surface area (Å²) in [5.41, 5.74) is 4.56. The molecule has 1 aromatic heterocycles. The minimum atomic E-state index is -0.895. The van der Waals surface area contributed by atoms with E-state index < -0.39 is 11.9 Å². The molecule has 0 spiro atoms. The Balaban J connectivity index is 1.77. The number of Topliss-reactive ketones (excluding diaryl/α,β-unsaturated/α-hetero) is 1. The number of nitrogens with one attached hydrogen (secondary N) is 1. The summed E-state index contributed by atoms with van der Waals surface area (Å²) in [6.07, 6.45) is 3.47. The van der Waals surface area contributed by atoms with E-state index in [1.54, 1.807) is 36.6 Å². The summed E-state index contributed by atoms with van der Waals surface area (Å²) in [4.78, 5) is 39.7. The molecule has 0 saturated carbocycles. The molecule has 3 rings (SSSR count). The highest BCUT2D eigenvalue weighted by atomic mass is 35.5. The fourth-order valence-electron chi connectivity index (χ4n) is 3.65. The Labute approximate surface area is 232 Å². The Hall–Kier alpha value is -3.23. The maximum absolute atomic E-state index is 13.5. The number of nitrogens with zero attached hydrogens (tertiary/aromatic N) is 1. The van der Waals surface area contributed by atoms with E-state index in [2.05, 4.69) is 5.43 Å². The predicted molar refractivity (Wildman–Crippen MR) is 150 cm³/mol.